The second-order valence-electron chi connectivity index (χ2n) is 14.0. The number of carbonyl (C=O) groups excluding carboxylic acids is 3. The number of phenols is 1. The number of rotatable bonds is 14. The number of phenolic OH excluding ortho intramolecular Hbond substituents is 1. The SMILES string of the molecule is CCCCC(=O)N1CCC(N2CCCC2)CC1.CCCCC/C(C)=C(/C=C\S)NC(=O)c1ccc(NC(=O)c2ccccc2-c2ccccc2)c(O)c1. The van der Waals surface area contributed by atoms with Gasteiger partial charge < -0.3 is 25.5 Å². The molecular weight excluding hydrogens is 681 g/mol. The van der Waals surface area contributed by atoms with Crippen LogP contribution in [0, 0.1) is 0 Å². The van der Waals surface area contributed by atoms with Gasteiger partial charge in [0.2, 0.25) is 5.91 Å². The van der Waals surface area contributed by atoms with Crippen LogP contribution in [-0.2, 0) is 4.79 Å². The number of allylic oxidation sites excluding steroid dienone is 2. The molecule has 2 saturated heterocycles. The molecule has 0 bridgehead atoms. The summed E-state index contributed by atoms with van der Waals surface area (Å²) < 4.78 is 0. The molecular formula is C44H58N4O4S. The van der Waals surface area contributed by atoms with Crippen molar-refractivity contribution in [3.8, 4) is 16.9 Å². The molecule has 0 aliphatic carbocycles. The van der Waals surface area contributed by atoms with E-state index in [1.165, 1.54) is 50.9 Å². The van der Waals surface area contributed by atoms with Gasteiger partial charge in [0.25, 0.3) is 11.8 Å². The second-order valence-corrected chi connectivity index (χ2v) is 14.3. The standard InChI is InChI=1S/C30H32N2O3S.C14H26N2O/c1-3-4-6-11-21(2)26(18-19-36)31-29(34)23-16-17-27(28(33)20-23)32-30(35)25-15-10-9-14-24(25)22-12-7-5-8-13-22;1-2-3-6-14(17)16-11-7-13(8-12-16)15-9-4-5-10-15/h5,7-10,12-20,33,36H,3-4,6,11H2,1-2H3,(H,31,34)(H,32,35);13H,2-12H2,1H3/b19-18-,26-21-;. The van der Waals surface area contributed by atoms with E-state index in [0.29, 0.717) is 17.2 Å². The Kier molecular flexibility index (Phi) is 17.2. The lowest BCUT2D eigenvalue weighted by molar-refractivity contribution is -0.132. The molecule has 0 radical (unpaired) electrons. The number of anilines is 1. The first kappa shape index (κ1) is 41.4. The Morgan fingerprint density at radius 3 is 2.17 bits per heavy atom. The predicted molar refractivity (Wildman–Crippen MR) is 220 cm³/mol. The first-order chi connectivity index (χ1) is 25.7. The maximum absolute atomic E-state index is 13.1. The number of piperidine rings is 1. The van der Waals surface area contributed by atoms with Crippen LogP contribution in [0.3, 0.4) is 0 Å². The molecule has 53 heavy (non-hydrogen) atoms. The average molecular weight is 739 g/mol. The molecule has 3 amide bonds. The number of amides is 3. The first-order valence-electron chi connectivity index (χ1n) is 19.4. The van der Waals surface area contributed by atoms with E-state index in [4.69, 9.17) is 0 Å². The third-order valence-electron chi connectivity index (χ3n) is 10.1. The van der Waals surface area contributed by atoms with Crippen molar-refractivity contribution in [1.82, 2.24) is 15.1 Å². The minimum atomic E-state index is -0.353. The van der Waals surface area contributed by atoms with Gasteiger partial charge in [-0.1, -0.05) is 81.6 Å². The van der Waals surface area contributed by atoms with Gasteiger partial charge in [0.1, 0.15) is 5.75 Å². The third kappa shape index (κ3) is 12.6. The van der Waals surface area contributed by atoms with Gasteiger partial charge in [0.05, 0.1) is 5.69 Å². The largest absolute Gasteiger partial charge is 0.506 e. The van der Waals surface area contributed by atoms with Gasteiger partial charge in [-0.3, -0.25) is 14.4 Å². The van der Waals surface area contributed by atoms with Crippen molar-refractivity contribution in [2.75, 3.05) is 31.5 Å². The smallest absolute Gasteiger partial charge is 0.256 e. The van der Waals surface area contributed by atoms with Crippen molar-refractivity contribution in [2.24, 2.45) is 0 Å². The summed E-state index contributed by atoms with van der Waals surface area (Å²) in [6, 6.07) is 22.1. The van der Waals surface area contributed by atoms with Crippen LogP contribution in [0.2, 0.25) is 0 Å². The highest BCUT2D eigenvalue weighted by atomic mass is 32.1. The van der Waals surface area contributed by atoms with E-state index in [0.717, 1.165) is 80.8 Å². The molecule has 5 rings (SSSR count). The van der Waals surface area contributed by atoms with E-state index < -0.39 is 0 Å². The van der Waals surface area contributed by atoms with Crippen LogP contribution >= 0.6 is 12.6 Å². The van der Waals surface area contributed by atoms with Crippen LogP contribution in [0.5, 0.6) is 5.75 Å². The summed E-state index contributed by atoms with van der Waals surface area (Å²) in [5.41, 5.74) is 4.45. The van der Waals surface area contributed by atoms with Crippen LogP contribution in [0.1, 0.15) is 112 Å². The maximum atomic E-state index is 13.1. The molecule has 2 aliphatic rings. The van der Waals surface area contributed by atoms with E-state index >= 15 is 0 Å². The summed E-state index contributed by atoms with van der Waals surface area (Å²) in [5, 5.41) is 17.8. The minimum Gasteiger partial charge on any atom is -0.506 e. The Hall–Kier alpha value is -4.34. The molecule has 0 atom stereocenters. The normalized spacial score (nSPS) is 15.4. The summed E-state index contributed by atoms with van der Waals surface area (Å²) in [7, 11) is 0. The quantitative estimate of drug-likeness (QED) is 0.0571. The highest BCUT2D eigenvalue weighted by Gasteiger charge is 2.28. The number of carbonyl (C=O) groups is 3. The molecule has 9 heteroatoms. The van der Waals surface area contributed by atoms with Crippen molar-refractivity contribution in [3.05, 3.63) is 107 Å². The lowest BCUT2D eigenvalue weighted by Crippen LogP contribution is -2.45. The molecule has 3 aromatic carbocycles. The Morgan fingerprint density at radius 1 is 0.830 bits per heavy atom. The zero-order valence-corrected chi connectivity index (χ0v) is 32.7. The number of unbranched alkanes of at least 4 members (excludes halogenated alkanes) is 3. The predicted octanol–water partition coefficient (Wildman–Crippen LogP) is 9.60. The van der Waals surface area contributed by atoms with Crippen LogP contribution in [0.25, 0.3) is 11.1 Å². The van der Waals surface area contributed by atoms with E-state index in [-0.39, 0.29) is 28.8 Å². The molecule has 0 aromatic heterocycles. The molecule has 0 spiro atoms. The number of hydrogen-bond donors (Lipinski definition) is 4. The molecule has 3 N–H and O–H groups in total. The molecule has 284 valence electrons. The second kappa shape index (κ2) is 22.0. The number of benzene rings is 3. The third-order valence-corrected chi connectivity index (χ3v) is 10.2. The highest BCUT2D eigenvalue weighted by Crippen LogP contribution is 2.28. The Balaban J connectivity index is 0.000000306. The molecule has 3 aromatic rings. The molecule has 8 nitrogen and oxygen atoms in total. The van der Waals surface area contributed by atoms with Crippen LogP contribution < -0.4 is 10.6 Å². The number of hydrogen-bond acceptors (Lipinski definition) is 6. The lowest BCUT2D eigenvalue weighted by Gasteiger charge is -2.36. The molecule has 0 saturated carbocycles. The van der Waals surface area contributed by atoms with Gasteiger partial charge in [-0.25, -0.2) is 0 Å². The van der Waals surface area contributed by atoms with Crippen LogP contribution in [-0.4, -0.2) is 64.8 Å². The van der Waals surface area contributed by atoms with Crippen molar-refractivity contribution in [1.29, 1.82) is 0 Å². The van der Waals surface area contributed by atoms with Crippen LogP contribution in [0.15, 0.2) is 95.6 Å². The van der Waals surface area contributed by atoms with Gasteiger partial charge in [-0.2, -0.15) is 12.6 Å². The first-order valence-corrected chi connectivity index (χ1v) is 19.9. The fourth-order valence-electron chi connectivity index (χ4n) is 6.93. The summed E-state index contributed by atoms with van der Waals surface area (Å²) in [5.74, 6) is -0.516. The lowest BCUT2D eigenvalue weighted by atomic mass is 9.99. The number of nitrogens with zero attached hydrogens (tertiary/aromatic N) is 2. The monoisotopic (exact) mass is 738 g/mol. The van der Waals surface area contributed by atoms with E-state index in [1.54, 1.807) is 29.7 Å². The summed E-state index contributed by atoms with van der Waals surface area (Å²) in [6.45, 7) is 10.8. The van der Waals surface area contributed by atoms with Gasteiger partial charge >= 0.3 is 0 Å². The maximum Gasteiger partial charge on any atom is 0.256 e. The van der Waals surface area contributed by atoms with Gasteiger partial charge in [0, 0.05) is 42.4 Å². The fraction of sp³-hybridized carbons (Fsp3) is 0.432. The van der Waals surface area contributed by atoms with Gasteiger partial charge in [0.15, 0.2) is 0 Å². The summed E-state index contributed by atoms with van der Waals surface area (Å²) in [6.07, 6.45) is 14.0. The van der Waals surface area contributed by atoms with Crippen molar-refractivity contribution in [3.63, 3.8) is 0 Å². The van der Waals surface area contributed by atoms with Crippen molar-refractivity contribution in [2.45, 2.75) is 97.4 Å². The minimum absolute atomic E-state index is 0.192. The number of likely N-dealkylation sites (tertiary alicyclic amines) is 2. The van der Waals surface area contributed by atoms with E-state index in [2.05, 4.69) is 46.9 Å². The zero-order valence-electron chi connectivity index (χ0n) is 31.8. The van der Waals surface area contributed by atoms with Crippen molar-refractivity contribution < 1.29 is 19.5 Å². The fourth-order valence-corrected chi connectivity index (χ4v) is 7.08. The average Bonchev–Trinajstić information content (AvgIpc) is 3.74. The summed E-state index contributed by atoms with van der Waals surface area (Å²) in [4.78, 5) is 42.5. The van der Waals surface area contributed by atoms with E-state index in [1.807, 2.05) is 49.4 Å². The molecule has 0 unspecified atom stereocenters. The number of nitrogens with one attached hydrogen (secondary N) is 2. The van der Waals surface area contributed by atoms with E-state index in [9.17, 15) is 19.5 Å². The van der Waals surface area contributed by atoms with Crippen LogP contribution in [0.4, 0.5) is 5.69 Å². The molecule has 2 heterocycles. The Bertz CT molecular complexity index is 1690. The number of aromatic hydroxyl groups is 1. The topological polar surface area (TPSA) is 102 Å². The summed E-state index contributed by atoms with van der Waals surface area (Å²) >= 11 is 4.15. The Morgan fingerprint density at radius 2 is 1.51 bits per heavy atom. The van der Waals surface area contributed by atoms with Crippen molar-refractivity contribution >= 4 is 36.0 Å². The highest BCUT2D eigenvalue weighted by molar-refractivity contribution is 7.83. The molecule has 2 aliphatic heterocycles. The molecule has 2 fully saturated rings. The Labute approximate surface area is 322 Å². The zero-order chi connectivity index (χ0) is 38.0. The van der Waals surface area contributed by atoms with Gasteiger partial charge in [-0.15, -0.1) is 0 Å². The number of thiol groups is 1. The van der Waals surface area contributed by atoms with Gasteiger partial charge in [-0.05, 0) is 117 Å².